The zero-order valence-corrected chi connectivity index (χ0v) is 10.1. The van der Waals surface area contributed by atoms with E-state index in [1.807, 2.05) is 43.3 Å². The molecular formula is C14H16N2O. The van der Waals surface area contributed by atoms with Gasteiger partial charge in [-0.2, -0.15) is 0 Å². The Morgan fingerprint density at radius 1 is 1.35 bits per heavy atom. The third-order valence-corrected chi connectivity index (χ3v) is 2.49. The van der Waals surface area contributed by atoms with Gasteiger partial charge in [0.15, 0.2) is 0 Å². The zero-order chi connectivity index (χ0) is 12.3. The van der Waals surface area contributed by atoms with E-state index in [0.29, 0.717) is 5.88 Å². The van der Waals surface area contributed by atoms with Crippen LogP contribution in [0.2, 0.25) is 0 Å². The van der Waals surface area contributed by atoms with Crippen molar-refractivity contribution in [1.29, 1.82) is 0 Å². The molecule has 0 bridgehead atoms. The van der Waals surface area contributed by atoms with Gasteiger partial charge in [-0.15, -0.1) is 0 Å². The fourth-order valence-corrected chi connectivity index (χ4v) is 1.65. The first kappa shape index (κ1) is 11.6. The van der Waals surface area contributed by atoms with Gasteiger partial charge >= 0.3 is 0 Å². The molecule has 0 amide bonds. The number of benzene rings is 1. The minimum atomic E-state index is 0.0196. The Balaban J connectivity index is 2.53. The number of hydrogen-bond donors (Lipinski definition) is 1. The summed E-state index contributed by atoms with van der Waals surface area (Å²) < 4.78 is 5.28. The van der Waals surface area contributed by atoms with Crippen molar-refractivity contribution in [3.63, 3.8) is 0 Å². The van der Waals surface area contributed by atoms with Gasteiger partial charge < -0.3 is 10.5 Å². The summed E-state index contributed by atoms with van der Waals surface area (Å²) in [7, 11) is 1.63. The Morgan fingerprint density at radius 3 is 2.82 bits per heavy atom. The molecule has 1 atom stereocenters. The van der Waals surface area contributed by atoms with Crippen LogP contribution in [0.3, 0.4) is 0 Å². The maximum atomic E-state index is 5.70. The summed E-state index contributed by atoms with van der Waals surface area (Å²) in [5, 5.41) is 1.10. The molecule has 88 valence electrons. The van der Waals surface area contributed by atoms with E-state index >= 15 is 0 Å². The third kappa shape index (κ3) is 2.63. The van der Waals surface area contributed by atoms with Crippen LogP contribution in [0, 0.1) is 0 Å². The van der Waals surface area contributed by atoms with Crippen LogP contribution in [0.4, 0.5) is 0 Å². The Bertz CT molecular complexity index is 547. The van der Waals surface area contributed by atoms with Crippen LogP contribution >= 0.6 is 0 Å². The Labute approximate surface area is 101 Å². The van der Waals surface area contributed by atoms with Crippen molar-refractivity contribution in [3.8, 4) is 5.88 Å². The predicted octanol–water partition coefficient (Wildman–Crippen LogP) is 2.60. The smallest absolute Gasteiger partial charge is 0.221 e. The summed E-state index contributed by atoms with van der Waals surface area (Å²) in [6.45, 7) is 1.93. The minimum Gasteiger partial charge on any atom is -0.481 e. The molecule has 3 heteroatoms. The highest BCUT2D eigenvalue weighted by molar-refractivity contribution is 5.82. The number of hydrogen-bond acceptors (Lipinski definition) is 3. The van der Waals surface area contributed by atoms with E-state index < -0.39 is 0 Å². The molecule has 17 heavy (non-hydrogen) atoms. The minimum absolute atomic E-state index is 0.0196. The van der Waals surface area contributed by atoms with Crippen LogP contribution in [0.1, 0.15) is 12.5 Å². The summed E-state index contributed by atoms with van der Waals surface area (Å²) in [6, 6.07) is 10.0. The third-order valence-electron chi connectivity index (χ3n) is 2.49. The van der Waals surface area contributed by atoms with E-state index in [2.05, 4.69) is 11.1 Å². The highest BCUT2D eigenvalue weighted by Gasteiger charge is 2.04. The lowest BCUT2D eigenvalue weighted by Crippen LogP contribution is -2.10. The molecule has 0 saturated carbocycles. The zero-order valence-electron chi connectivity index (χ0n) is 10.1. The van der Waals surface area contributed by atoms with Gasteiger partial charge in [-0.25, -0.2) is 4.98 Å². The summed E-state index contributed by atoms with van der Waals surface area (Å²) in [5.74, 6) is 0.626. The highest BCUT2D eigenvalue weighted by Crippen LogP contribution is 2.23. The fraction of sp³-hybridized carbons (Fsp3) is 0.214. The first-order valence-electron chi connectivity index (χ1n) is 5.58. The molecule has 1 aromatic carbocycles. The summed E-state index contributed by atoms with van der Waals surface area (Å²) in [5.41, 5.74) is 7.58. The van der Waals surface area contributed by atoms with Crippen LogP contribution in [0.25, 0.3) is 17.0 Å². The van der Waals surface area contributed by atoms with Gasteiger partial charge in [-0.05, 0) is 19.1 Å². The van der Waals surface area contributed by atoms with E-state index in [4.69, 9.17) is 10.5 Å². The number of ether oxygens (including phenoxy) is 1. The number of para-hydroxylation sites is 1. The van der Waals surface area contributed by atoms with Crippen molar-refractivity contribution in [2.45, 2.75) is 13.0 Å². The predicted molar refractivity (Wildman–Crippen MR) is 71.0 cm³/mol. The van der Waals surface area contributed by atoms with Gasteiger partial charge in [0.05, 0.1) is 12.6 Å². The molecular weight excluding hydrogens is 212 g/mol. The van der Waals surface area contributed by atoms with E-state index in [0.717, 1.165) is 16.5 Å². The van der Waals surface area contributed by atoms with Gasteiger partial charge in [-0.1, -0.05) is 30.4 Å². The van der Waals surface area contributed by atoms with Crippen molar-refractivity contribution >= 4 is 17.0 Å². The summed E-state index contributed by atoms with van der Waals surface area (Å²) >= 11 is 0. The molecule has 2 N–H and O–H groups in total. The molecule has 2 rings (SSSR count). The number of aromatic nitrogens is 1. The average Bonchev–Trinajstić information content (AvgIpc) is 2.35. The SMILES string of the molecule is COc1nc2ccccc2cc1/C=C/C(C)N. The first-order valence-corrected chi connectivity index (χ1v) is 5.58. The van der Waals surface area contributed by atoms with Gasteiger partial charge in [0.1, 0.15) is 0 Å². The van der Waals surface area contributed by atoms with Gasteiger partial charge in [0, 0.05) is 17.0 Å². The van der Waals surface area contributed by atoms with Gasteiger partial charge in [0.25, 0.3) is 0 Å². The lowest BCUT2D eigenvalue weighted by Gasteiger charge is -2.06. The molecule has 0 aliphatic rings. The second kappa shape index (κ2) is 4.97. The van der Waals surface area contributed by atoms with E-state index in [9.17, 15) is 0 Å². The number of nitrogens with two attached hydrogens (primary N) is 1. The molecule has 1 heterocycles. The van der Waals surface area contributed by atoms with Crippen LogP contribution in [-0.4, -0.2) is 18.1 Å². The van der Waals surface area contributed by atoms with E-state index in [1.54, 1.807) is 7.11 Å². The first-order chi connectivity index (χ1) is 8.20. The van der Waals surface area contributed by atoms with Crippen LogP contribution < -0.4 is 10.5 Å². The van der Waals surface area contributed by atoms with Crippen molar-refractivity contribution in [1.82, 2.24) is 4.98 Å². The van der Waals surface area contributed by atoms with Crippen LogP contribution in [0.5, 0.6) is 5.88 Å². The molecule has 1 aromatic heterocycles. The molecule has 0 saturated heterocycles. The Morgan fingerprint density at radius 2 is 2.12 bits per heavy atom. The molecule has 1 unspecified atom stereocenters. The topological polar surface area (TPSA) is 48.1 Å². The molecule has 0 fully saturated rings. The fourth-order valence-electron chi connectivity index (χ4n) is 1.65. The lowest BCUT2D eigenvalue weighted by atomic mass is 10.1. The second-order valence-corrected chi connectivity index (χ2v) is 4.00. The monoisotopic (exact) mass is 228 g/mol. The van der Waals surface area contributed by atoms with Gasteiger partial charge in [0.2, 0.25) is 5.88 Å². The standard InChI is InChI=1S/C14H16N2O/c1-10(15)7-8-12-9-11-5-3-4-6-13(11)16-14(12)17-2/h3-10H,15H2,1-2H3/b8-7+. The Kier molecular flexibility index (Phi) is 3.40. The van der Waals surface area contributed by atoms with Gasteiger partial charge in [-0.3, -0.25) is 0 Å². The summed E-state index contributed by atoms with van der Waals surface area (Å²) in [6.07, 6.45) is 3.87. The van der Waals surface area contributed by atoms with E-state index in [-0.39, 0.29) is 6.04 Å². The molecule has 0 spiro atoms. The number of nitrogens with zero attached hydrogens (tertiary/aromatic N) is 1. The lowest BCUT2D eigenvalue weighted by molar-refractivity contribution is 0.398. The quantitative estimate of drug-likeness (QED) is 0.878. The summed E-state index contributed by atoms with van der Waals surface area (Å²) in [4.78, 5) is 4.46. The maximum absolute atomic E-state index is 5.70. The molecule has 3 nitrogen and oxygen atoms in total. The second-order valence-electron chi connectivity index (χ2n) is 4.00. The van der Waals surface area contributed by atoms with Crippen molar-refractivity contribution in [2.75, 3.05) is 7.11 Å². The Hall–Kier alpha value is -1.87. The van der Waals surface area contributed by atoms with Crippen molar-refractivity contribution < 1.29 is 4.74 Å². The van der Waals surface area contributed by atoms with E-state index in [1.165, 1.54) is 0 Å². The maximum Gasteiger partial charge on any atom is 0.221 e. The van der Waals surface area contributed by atoms with Crippen molar-refractivity contribution in [2.24, 2.45) is 5.73 Å². The number of methoxy groups -OCH3 is 1. The average molecular weight is 228 g/mol. The highest BCUT2D eigenvalue weighted by atomic mass is 16.5. The molecule has 2 aromatic rings. The van der Waals surface area contributed by atoms with Crippen LogP contribution in [0.15, 0.2) is 36.4 Å². The molecule has 0 radical (unpaired) electrons. The number of pyridine rings is 1. The molecule has 0 aliphatic carbocycles. The normalized spacial score (nSPS) is 13.1. The van der Waals surface area contributed by atoms with Crippen LogP contribution in [-0.2, 0) is 0 Å². The number of rotatable bonds is 3. The van der Waals surface area contributed by atoms with Crippen molar-refractivity contribution in [3.05, 3.63) is 42.0 Å². The largest absolute Gasteiger partial charge is 0.481 e. The number of fused-ring (bicyclic) bond motifs is 1. The molecule has 0 aliphatic heterocycles.